The maximum Gasteiger partial charge on any atom is 0.260 e. The van der Waals surface area contributed by atoms with E-state index in [1.807, 2.05) is 0 Å². The molecule has 0 aliphatic heterocycles. The number of benzene rings is 3. The molecule has 1 amide bonds. The lowest BCUT2D eigenvalue weighted by Crippen LogP contribution is -2.14. The molecule has 0 radical (unpaired) electrons. The Hall–Kier alpha value is -3.34. The van der Waals surface area contributed by atoms with Crippen LogP contribution in [-0.4, -0.2) is 24.4 Å². The lowest BCUT2D eigenvalue weighted by molar-refractivity contribution is 0.102. The quantitative estimate of drug-likeness (QED) is 0.720. The highest BCUT2D eigenvalue weighted by molar-refractivity contribution is 6.17. The Bertz CT molecular complexity index is 934. The number of methoxy groups -OCH3 is 1. The Morgan fingerprint density at radius 3 is 2.58 bits per heavy atom. The fourth-order valence-electron chi connectivity index (χ4n) is 2.61. The van der Waals surface area contributed by atoms with E-state index in [2.05, 4.69) is 5.32 Å². The van der Waals surface area contributed by atoms with E-state index in [1.54, 1.807) is 54.6 Å². The molecule has 0 bridgehead atoms. The van der Waals surface area contributed by atoms with Crippen LogP contribution in [0.4, 0.5) is 5.69 Å². The topological polar surface area (TPSA) is 75.6 Å². The largest absolute Gasteiger partial charge is 0.506 e. The second-order valence-corrected chi connectivity index (χ2v) is 5.18. The van der Waals surface area contributed by atoms with Gasteiger partial charge in [-0.1, -0.05) is 36.4 Å². The second kappa shape index (κ2) is 6.42. The molecule has 0 heterocycles. The molecule has 0 aliphatic rings. The van der Waals surface area contributed by atoms with Gasteiger partial charge in [0, 0.05) is 0 Å². The molecule has 3 aromatic carbocycles. The summed E-state index contributed by atoms with van der Waals surface area (Å²) in [6.07, 6.45) is 0.529. The van der Waals surface area contributed by atoms with Gasteiger partial charge in [0.05, 0.1) is 23.9 Å². The minimum atomic E-state index is -0.517. The molecule has 2 N–H and O–H groups in total. The van der Waals surface area contributed by atoms with Crippen molar-refractivity contribution < 1.29 is 19.4 Å². The van der Waals surface area contributed by atoms with Crippen molar-refractivity contribution in [1.82, 2.24) is 0 Å². The van der Waals surface area contributed by atoms with Crippen LogP contribution in [0.15, 0.2) is 54.6 Å². The molecule has 3 aromatic rings. The first-order valence-corrected chi connectivity index (χ1v) is 7.30. The first kappa shape index (κ1) is 15.6. The van der Waals surface area contributed by atoms with Gasteiger partial charge in [0.25, 0.3) is 5.91 Å². The number of aldehydes is 1. The SMILES string of the molecule is COc1ccccc1NC(=O)c1c(O)c(C=O)cc2ccccc12. The third kappa shape index (κ3) is 2.67. The van der Waals surface area contributed by atoms with Gasteiger partial charge in [-0.3, -0.25) is 9.59 Å². The van der Waals surface area contributed by atoms with Gasteiger partial charge < -0.3 is 15.2 Å². The summed E-state index contributed by atoms with van der Waals surface area (Å²) in [5.74, 6) is -0.353. The highest BCUT2D eigenvalue weighted by atomic mass is 16.5. The fourth-order valence-corrected chi connectivity index (χ4v) is 2.61. The predicted octanol–water partition coefficient (Wildman–Crippen LogP) is 3.62. The second-order valence-electron chi connectivity index (χ2n) is 5.18. The summed E-state index contributed by atoms with van der Waals surface area (Å²) in [5.41, 5.74) is 0.602. The summed E-state index contributed by atoms with van der Waals surface area (Å²) in [6.45, 7) is 0. The number of rotatable bonds is 4. The minimum Gasteiger partial charge on any atom is -0.506 e. The summed E-state index contributed by atoms with van der Waals surface area (Å²) in [7, 11) is 1.50. The Labute approximate surface area is 138 Å². The minimum absolute atomic E-state index is 0.0566. The van der Waals surface area contributed by atoms with Crippen molar-refractivity contribution in [3.05, 3.63) is 65.7 Å². The van der Waals surface area contributed by atoms with Gasteiger partial charge in [0.15, 0.2) is 6.29 Å². The van der Waals surface area contributed by atoms with Crippen LogP contribution < -0.4 is 10.1 Å². The van der Waals surface area contributed by atoms with E-state index in [0.717, 1.165) is 0 Å². The molecule has 0 atom stereocenters. The van der Waals surface area contributed by atoms with Crippen LogP contribution in [0.1, 0.15) is 20.7 Å². The zero-order valence-electron chi connectivity index (χ0n) is 12.9. The predicted molar refractivity (Wildman–Crippen MR) is 91.9 cm³/mol. The van der Waals surface area contributed by atoms with Crippen molar-refractivity contribution in [1.29, 1.82) is 0 Å². The number of amides is 1. The molecule has 120 valence electrons. The Morgan fingerprint density at radius 2 is 1.83 bits per heavy atom. The zero-order valence-corrected chi connectivity index (χ0v) is 12.9. The number of fused-ring (bicyclic) bond motifs is 1. The van der Waals surface area contributed by atoms with E-state index in [-0.39, 0.29) is 16.9 Å². The molecular formula is C19H15NO4. The van der Waals surface area contributed by atoms with E-state index in [4.69, 9.17) is 4.74 Å². The van der Waals surface area contributed by atoms with Crippen LogP contribution in [0.3, 0.4) is 0 Å². The van der Waals surface area contributed by atoms with Gasteiger partial charge in [-0.05, 0) is 29.0 Å². The zero-order chi connectivity index (χ0) is 17.1. The maximum atomic E-state index is 12.7. The van der Waals surface area contributed by atoms with Gasteiger partial charge in [-0.25, -0.2) is 0 Å². The number of hydrogen-bond donors (Lipinski definition) is 2. The van der Waals surface area contributed by atoms with E-state index < -0.39 is 5.91 Å². The Kier molecular flexibility index (Phi) is 4.16. The van der Waals surface area contributed by atoms with Crippen molar-refractivity contribution in [3.63, 3.8) is 0 Å². The molecule has 0 fully saturated rings. The highest BCUT2D eigenvalue weighted by Gasteiger charge is 2.19. The van der Waals surface area contributed by atoms with E-state index in [1.165, 1.54) is 7.11 Å². The van der Waals surface area contributed by atoms with Crippen LogP contribution >= 0.6 is 0 Å². The lowest BCUT2D eigenvalue weighted by atomic mass is 9.99. The highest BCUT2D eigenvalue weighted by Crippen LogP contribution is 2.32. The van der Waals surface area contributed by atoms with Crippen LogP contribution in [0.25, 0.3) is 10.8 Å². The normalized spacial score (nSPS) is 10.4. The molecule has 0 spiro atoms. The average Bonchev–Trinajstić information content (AvgIpc) is 2.61. The van der Waals surface area contributed by atoms with Gasteiger partial charge in [0.2, 0.25) is 0 Å². The fraction of sp³-hybridized carbons (Fsp3) is 0.0526. The number of aromatic hydroxyl groups is 1. The third-order valence-corrected chi connectivity index (χ3v) is 3.76. The molecule has 0 aromatic heterocycles. The van der Waals surface area contributed by atoms with E-state index in [0.29, 0.717) is 28.5 Å². The molecule has 5 heteroatoms. The van der Waals surface area contributed by atoms with Crippen molar-refractivity contribution in [2.75, 3.05) is 12.4 Å². The summed E-state index contributed by atoms with van der Waals surface area (Å²) < 4.78 is 5.21. The molecule has 24 heavy (non-hydrogen) atoms. The maximum absolute atomic E-state index is 12.7. The molecule has 0 saturated heterocycles. The molecule has 5 nitrogen and oxygen atoms in total. The molecule has 3 rings (SSSR count). The number of phenols is 1. The summed E-state index contributed by atoms with van der Waals surface area (Å²) in [4.78, 5) is 23.9. The van der Waals surface area contributed by atoms with Gasteiger partial charge >= 0.3 is 0 Å². The smallest absolute Gasteiger partial charge is 0.260 e. The summed E-state index contributed by atoms with van der Waals surface area (Å²) in [6, 6.07) is 15.6. The molecule has 0 unspecified atom stereocenters. The van der Waals surface area contributed by atoms with Crippen LogP contribution in [0.2, 0.25) is 0 Å². The molecule has 0 aliphatic carbocycles. The van der Waals surface area contributed by atoms with Gasteiger partial charge in [0.1, 0.15) is 11.5 Å². The number of carbonyl (C=O) groups excluding carboxylic acids is 2. The standard InChI is InChI=1S/C19H15NO4/c1-24-16-9-5-4-8-15(16)20-19(23)17-14-7-3-2-6-12(14)10-13(11-21)18(17)22/h2-11,22H,1H3,(H,20,23). The number of para-hydroxylation sites is 2. The number of carbonyl (C=O) groups is 2. The van der Waals surface area contributed by atoms with Crippen molar-refractivity contribution in [3.8, 4) is 11.5 Å². The van der Waals surface area contributed by atoms with Crippen LogP contribution in [0.5, 0.6) is 11.5 Å². The first-order valence-electron chi connectivity index (χ1n) is 7.30. The average molecular weight is 321 g/mol. The number of phenolic OH excluding ortho intramolecular Hbond substituents is 1. The monoisotopic (exact) mass is 321 g/mol. The summed E-state index contributed by atoms with van der Waals surface area (Å²) >= 11 is 0. The number of hydrogen-bond acceptors (Lipinski definition) is 4. The van der Waals surface area contributed by atoms with Crippen molar-refractivity contribution >= 4 is 28.7 Å². The van der Waals surface area contributed by atoms with Gasteiger partial charge in [-0.2, -0.15) is 0 Å². The molecular weight excluding hydrogens is 306 g/mol. The van der Waals surface area contributed by atoms with Crippen LogP contribution in [0, 0.1) is 0 Å². The van der Waals surface area contributed by atoms with Crippen LogP contribution in [-0.2, 0) is 0 Å². The first-order chi connectivity index (χ1) is 11.7. The number of nitrogens with one attached hydrogen (secondary N) is 1. The van der Waals surface area contributed by atoms with E-state index >= 15 is 0 Å². The number of ether oxygens (including phenoxy) is 1. The third-order valence-electron chi connectivity index (χ3n) is 3.76. The van der Waals surface area contributed by atoms with Gasteiger partial charge in [-0.15, -0.1) is 0 Å². The summed E-state index contributed by atoms with van der Waals surface area (Å²) in [5, 5.41) is 14.3. The Balaban J connectivity index is 2.12. The van der Waals surface area contributed by atoms with Crippen molar-refractivity contribution in [2.24, 2.45) is 0 Å². The Morgan fingerprint density at radius 1 is 1.12 bits per heavy atom. The molecule has 0 saturated carbocycles. The lowest BCUT2D eigenvalue weighted by Gasteiger charge is -2.13. The number of anilines is 1. The van der Waals surface area contributed by atoms with E-state index in [9.17, 15) is 14.7 Å². The van der Waals surface area contributed by atoms with Crippen molar-refractivity contribution in [2.45, 2.75) is 0 Å².